The Morgan fingerprint density at radius 1 is 0.500 bits per heavy atom. The van der Waals surface area contributed by atoms with Crippen LogP contribution in [-0.4, -0.2) is 193 Å². The van der Waals surface area contributed by atoms with Gasteiger partial charge in [-0.2, -0.15) is 0 Å². The summed E-state index contributed by atoms with van der Waals surface area (Å²) < 4.78 is 34.1. The largest absolute Gasteiger partial charge is 0.394 e. The van der Waals surface area contributed by atoms with Crippen LogP contribution in [0.15, 0.2) is 72.9 Å². The van der Waals surface area contributed by atoms with Crippen molar-refractivity contribution in [3.05, 3.63) is 72.9 Å². The minimum atomic E-state index is -1.98. The van der Waals surface area contributed by atoms with Crippen LogP contribution in [0.1, 0.15) is 136 Å². The predicted octanol–water partition coefficient (Wildman–Crippen LogP) is 3.09. The van der Waals surface area contributed by atoms with Crippen molar-refractivity contribution >= 4 is 5.91 Å². The number of unbranched alkanes of at least 4 members (excludes halogenated alkanes) is 11. The van der Waals surface area contributed by atoms with Crippen molar-refractivity contribution in [1.82, 2.24) is 5.32 Å². The monoisotopic (exact) mass is 1060 g/mol. The number of amides is 1. The molecule has 17 unspecified atom stereocenters. The number of carbonyl (C=O) groups is 1. The van der Waals surface area contributed by atoms with Crippen LogP contribution >= 0.6 is 0 Å². The zero-order valence-electron chi connectivity index (χ0n) is 43.8. The van der Waals surface area contributed by atoms with Crippen LogP contribution in [0.3, 0.4) is 0 Å². The van der Waals surface area contributed by atoms with E-state index in [1.54, 1.807) is 6.08 Å². The first kappa shape index (κ1) is 65.5. The molecule has 1 amide bonds. The summed E-state index contributed by atoms with van der Waals surface area (Å²) >= 11 is 0. The van der Waals surface area contributed by atoms with Gasteiger partial charge in [-0.1, -0.05) is 145 Å². The van der Waals surface area contributed by atoms with Crippen molar-refractivity contribution in [2.45, 2.75) is 240 Å². The summed E-state index contributed by atoms with van der Waals surface area (Å²) in [5.74, 6) is -0.338. The highest BCUT2D eigenvalue weighted by atomic mass is 16.8. The van der Waals surface area contributed by atoms with E-state index in [1.807, 2.05) is 18.2 Å². The number of rotatable bonds is 37. The van der Waals surface area contributed by atoms with Crippen molar-refractivity contribution in [1.29, 1.82) is 0 Å². The minimum absolute atomic E-state index is 0.161. The maximum atomic E-state index is 13.2. The Morgan fingerprint density at radius 2 is 0.932 bits per heavy atom. The molecule has 0 bridgehead atoms. The molecule has 0 aromatic carbocycles. The van der Waals surface area contributed by atoms with Gasteiger partial charge >= 0.3 is 0 Å². The first-order chi connectivity index (χ1) is 35.8. The number of aliphatic hydroxyl groups excluding tert-OH is 11. The van der Waals surface area contributed by atoms with Crippen molar-refractivity contribution < 1.29 is 89.4 Å². The zero-order valence-corrected chi connectivity index (χ0v) is 43.8. The molecule has 17 atom stereocenters. The molecule has 3 aliphatic rings. The Labute approximate surface area is 438 Å². The lowest BCUT2D eigenvalue weighted by Gasteiger charge is -2.48. The molecule has 0 aliphatic carbocycles. The van der Waals surface area contributed by atoms with Crippen LogP contribution in [-0.2, 0) is 33.2 Å². The first-order valence-corrected chi connectivity index (χ1v) is 27.2. The predicted molar refractivity (Wildman–Crippen MR) is 277 cm³/mol. The molecule has 12 N–H and O–H groups in total. The van der Waals surface area contributed by atoms with E-state index < -0.39 is 124 Å². The standard InChI is InChI=1S/C55H93NO18/c1-3-5-7-9-11-13-15-17-18-19-20-21-23-25-27-29-31-33-43(61)56-38(39(60)32-30-28-26-24-22-16-14-12-10-8-6-4-2)37-69-53-49(67)46(64)51(41(35-58)71-53)74-55-50(68)47(65)52(42(36-59)72-55)73-54-48(66)45(63)44(62)40(34-57)70-54/h5,7,11,13,17-18,20-21,25,27,30,32,38-42,44-55,57-60,62-68H,3-4,6,8-10,12,14-16,19,22-24,26,28-29,31,33-37H2,1-2H3,(H,56,61)/b7-5-,13-11-,18-17-,21-20-,27-25-,32-30+. The summed E-state index contributed by atoms with van der Waals surface area (Å²) in [4.78, 5) is 13.2. The fourth-order valence-corrected chi connectivity index (χ4v) is 8.75. The van der Waals surface area contributed by atoms with Crippen molar-refractivity contribution in [3.63, 3.8) is 0 Å². The Morgan fingerprint density at radius 3 is 1.45 bits per heavy atom. The number of nitrogens with one attached hydrogen (secondary N) is 1. The quantitative estimate of drug-likeness (QED) is 0.0314. The van der Waals surface area contributed by atoms with Gasteiger partial charge in [-0.15, -0.1) is 0 Å². The molecule has 19 nitrogen and oxygen atoms in total. The highest BCUT2D eigenvalue weighted by Gasteiger charge is 2.53. The molecule has 3 aliphatic heterocycles. The summed E-state index contributed by atoms with van der Waals surface area (Å²) in [6, 6.07) is -1.00. The summed E-state index contributed by atoms with van der Waals surface area (Å²) in [5, 5.41) is 120. The molecule has 3 heterocycles. The third-order valence-electron chi connectivity index (χ3n) is 13.3. The number of ether oxygens (including phenoxy) is 6. The second kappa shape index (κ2) is 38.7. The first-order valence-electron chi connectivity index (χ1n) is 27.2. The van der Waals surface area contributed by atoms with E-state index >= 15 is 0 Å². The summed E-state index contributed by atoms with van der Waals surface area (Å²) in [5.41, 5.74) is 0. The van der Waals surface area contributed by atoms with Gasteiger partial charge in [-0.3, -0.25) is 4.79 Å². The van der Waals surface area contributed by atoms with E-state index in [1.165, 1.54) is 44.9 Å². The van der Waals surface area contributed by atoms with E-state index in [9.17, 15) is 61.0 Å². The second-order valence-corrected chi connectivity index (χ2v) is 19.3. The maximum Gasteiger partial charge on any atom is 0.220 e. The minimum Gasteiger partial charge on any atom is -0.394 e. The van der Waals surface area contributed by atoms with Crippen LogP contribution in [0.4, 0.5) is 0 Å². The maximum absolute atomic E-state index is 13.2. The molecule has 426 valence electrons. The lowest BCUT2D eigenvalue weighted by molar-refractivity contribution is -0.379. The van der Waals surface area contributed by atoms with Crippen LogP contribution in [0.2, 0.25) is 0 Å². The van der Waals surface area contributed by atoms with Crippen molar-refractivity contribution in [2.24, 2.45) is 0 Å². The average molecular weight is 1060 g/mol. The molecule has 0 aromatic rings. The highest BCUT2D eigenvalue weighted by Crippen LogP contribution is 2.33. The van der Waals surface area contributed by atoms with Gasteiger partial charge in [0.05, 0.1) is 38.6 Å². The fourth-order valence-electron chi connectivity index (χ4n) is 8.75. The van der Waals surface area contributed by atoms with E-state index in [0.717, 1.165) is 57.8 Å². The molecule has 3 rings (SSSR count). The number of hydrogen-bond acceptors (Lipinski definition) is 18. The molecule has 19 heteroatoms. The van der Waals surface area contributed by atoms with Gasteiger partial charge in [0.1, 0.15) is 73.2 Å². The lowest BCUT2D eigenvalue weighted by atomic mass is 9.96. The Bertz CT molecular complexity index is 1640. The van der Waals surface area contributed by atoms with Gasteiger partial charge in [-0.05, 0) is 57.8 Å². The SMILES string of the molecule is CC/C=C\C/C=C\C/C=C\C/C=C\C/C=C\CCCC(=O)NC(COC1OC(CO)C(OC2OC(CO)C(OC3OC(CO)C(O)C(O)C3O)C(O)C2O)C(O)C1O)C(O)/C=C/CCCCCCCCCCCC. The molecular formula is C55H93NO18. The molecule has 0 saturated carbocycles. The normalized spacial score (nSPS) is 32.0. The molecule has 74 heavy (non-hydrogen) atoms. The van der Waals surface area contributed by atoms with Crippen LogP contribution in [0.5, 0.6) is 0 Å². The Kier molecular flexibility index (Phi) is 34.3. The third kappa shape index (κ3) is 23.5. The number of aliphatic hydroxyl groups is 11. The summed E-state index contributed by atoms with van der Waals surface area (Å²) in [6.07, 6.45) is 16.2. The van der Waals surface area contributed by atoms with E-state index in [2.05, 4.69) is 67.8 Å². The molecule has 0 aromatic heterocycles. The van der Waals surface area contributed by atoms with Gasteiger partial charge in [0.2, 0.25) is 5.91 Å². The van der Waals surface area contributed by atoms with Gasteiger partial charge in [0.15, 0.2) is 18.9 Å². The zero-order chi connectivity index (χ0) is 54.1. The molecule has 3 saturated heterocycles. The van der Waals surface area contributed by atoms with E-state index in [-0.39, 0.29) is 18.9 Å². The fraction of sp³-hybridized carbons (Fsp3) is 0.764. The summed E-state index contributed by atoms with van der Waals surface area (Å²) in [7, 11) is 0. The Hall–Kier alpha value is -2.77. The second-order valence-electron chi connectivity index (χ2n) is 19.3. The summed E-state index contributed by atoms with van der Waals surface area (Å²) in [6.45, 7) is 1.51. The third-order valence-corrected chi connectivity index (χ3v) is 13.3. The number of hydrogen-bond donors (Lipinski definition) is 12. The highest BCUT2D eigenvalue weighted by molar-refractivity contribution is 5.76. The van der Waals surface area contributed by atoms with Crippen LogP contribution in [0.25, 0.3) is 0 Å². The van der Waals surface area contributed by atoms with E-state index in [0.29, 0.717) is 12.8 Å². The molecule has 0 radical (unpaired) electrons. The van der Waals surface area contributed by atoms with Gasteiger partial charge in [0, 0.05) is 6.42 Å². The molecular weight excluding hydrogens is 963 g/mol. The van der Waals surface area contributed by atoms with Crippen molar-refractivity contribution in [3.8, 4) is 0 Å². The lowest BCUT2D eigenvalue weighted by Crippen LogP contribution is -2.66. The number of allylic oxidation sites excluding steroid dienone is 11. The molecule has 0 spiro atoms. The Balaban J connectivity index is 1.56. The van der Waals surface area contributed by atoms with Gasteiger partial charge in [0.25, 0.3) is 0 Å². The molecule has 3 fully saturated rings. The van der Waals surface area contributed by atoms with Crippen molar-refractivity contribution in [2.75, 3.05) is 26.4 Å². The van der Waals surface area contributed by atoms with E-state index in [4.69, 9.17) is 28.4 Å². The van der Waals surface area contributed by atoms with Crippen LogP contribution < -0.4 is 5.32 Å². The number of carbonyl (C=O) groups excluding carboxylic acids is 1. The topological polar surface area (TPSA) is 307 Å². The van der Waals surface area contributed by atoms with Gasteiger partial charge in [-0.25, -0.2) is 0 Å². The van der Waals surface area contributed by atoms with Crippen LogP contribution in [0, 0.1) is 0 Å². The average Bonchev–Trinajstić information content (AvgIpc) is 3.40. The smallest absolute Gasteiger partial charge is 0.220 e. The van der Waals surface area contributed by atoms with Gasteiger partial charge < -0.3 is 89.9 Å².